The van der Waals surface area contributed by atoms with Gasteiger partial charge in [0.2, 0.25) is 11.9 Å². The number of amidine groups is 1. The monoisotopic (exact) mass is 477 g/mol. The summed E-state index contributed by atoms with van der Waals surface area (Å²) < 4.78 is 4.96. The zero-order valence-electron chi connectivity index (χ0n) is 18.1. The molecule has 11 heteroatoms. The number of phenols is 1. The second-order valence-electron chi connectivity index (χ2n) is 6.81. The Bertz CT molecular complexity index is 968. The molecule has 0 bridgehead atoms. The Hall–Kier alpha value is -3.79. The van der Waals surface area contributed by atoms with Gasteiger partial charge in [-0.1, -0.05) is 24.3 Å². The summed E-state index contributed by atoms with van der Waals surface area (Å²) in [6.45, 7) is 1.72. The summed E-state index contributed by atoms with van der Waals surface area (Å²) in [5, 5.41) is 24.6. The number of anilines is 1. The van der Waals surface area contributed by atoms with Crippen LogP contribution in [-0.4, -0.2) is 54.5 Å². The number of nitrogens with two attached hydrogens (primary N) is 1. The molecule has 0 radical (unpaired) electrons. The Balaban J connectivity index is 0.00000544. The van der Waals surface area contributed by atoms with Crippen LogP contribution in [-0.2, 0) is 25.5 Å². The second kappa shape index (κ2) is 13.6. The minimum atomic E-state index is -1.39. The van der Waals surface area contributed by atoms with Crippen LogP contribution in [0.2, 0.25) is 0 Å². The molecule has 2 aromatic rings. The van der Waals surface area contributed by atoms with Crippen molar-refractivity contribution in [2.24, 2.45) is 5.73 Å². The molecule has 0 saturated heterocycles. The van der Waals surface area contributed by atoms with Gasteiger partial charge < -0.3 is 31.5 Å². The van der Waals surface area contributed by atoms with E-state index in [0.29, 0.717) is 24.2 Å². The zero-order valence-corrected chi connectivity index (χ0v) is 18.9. The van der Waals surface area contributed by atoms with Crippen molar-refractivity contribution in [1.82, 2.24) is 10.6 Å². The van der Waals surface area contributed by atoms with Gasteiger partial charge >= 0.3 is 5.97 Å². The number of aromatic hydroxyl groups is 1. The van der Waals surface area contributed by atoms with Crippen molar-refractivity contribution >= 4 is 41.7 Å². The van der Waals surface area contributed by atoms with E-state index in [1.165, 1.54) is 6.07 Å². The van der Waals surface area contributed by atoms with Crippen LogP contribution in [0.15, 0.2) is 48.5 Å². The predicted octanol–water partition coefficient (Wildman–Crippen LogP) is 0.917. The fourth-order valence-corrected chi connectivity index (χ4v) is 2.74. The Morgan fingerprint density at radius 3 is 2.45 bits per heavy atom. The summed E-state index contributed by atoms with van der Waals surface area (Å²) in [6, 6.07) is 11.6. The molecule has 33 heavy (non-hydrogen) atoms. The van der Waals surface area contributed by atoms with E-state index in [9.17, 15) is 19.5 Å². The number of carbonyl (C=O) groups excluding carboxylic acids is 3. The number of amides is 2. The van der Waals surface area contributed by atoms with Gasteiger partial charge in [-0.25, -0.2) is 4.79 Å². The van der Waals surface area contributed by atoms with Crippen LogP contribution in [0.5, 0.6) is 5.75 Å². The second-order valence-corrected chi connectivity index (χ2v) is 6.81. The average molecular weight is 478 g/mol. The lowest BCUT2D eigenvalue weighted by Crippen LogP contribution is -2.48. The Labute approximate surface area is 197 Å². The first kappa shape index (κ1) is 27.2. The Morgan fingerprint density at radius 2 is 1.82 bits per heavy atom. The molecule has 1 atom stereocenters. The SMILES string of the molecule is CCOC(=O)C(Nc1cccc(C(=N)N)c1)C(=O)NCC(=O)NCCc1ccc(O)cc1.Cl. The maximum atomic E-state index is 12.6. The standard InChI is InChI=1S/C22H27N5O5.ClH/c1-2-32-22(31)19(27-16-5-3-4-15(12-16)20(23)24)21(30)26-13-18(29)25-11-10-14-6-8-17(28)9-7-14;/h3-9,12,19,27-28H,2,10-11,13H2,1H3,(H3,23,24)(H,25,29)(H,26,30);1H. The van der Waals surface area contributed by atoms with Crippen LogP contribution in [0, 0.1) is 5.41 Å². The molecule has 0 aromatic heterocycles. The number of benzene rings is 2. The third-order valence-corrected chi connectivity index (χ3v) is 4.36. The Kier molecular flexibility index (Phi) is 11.2. The molecule has 0 heterocycles. The molecule has 2 rings (SSSR count). The predicted molar refractivity (Wildman–Crippen MR) is 127 cm³/mol. The van der Waals surface area contributed by atoms with Crippen LogP contribution in [0.4, 0.5) is 5.69 Å². The molecule has 2 amide bonds. The van der Waals surface area contributed by atoms with Crippen molar-refractivity contribution in [2.45, 2.75) is 19.4 Å². The van der Waals surface area contributed by atoms with Gasteiger partial charge in [0.1, 0.15) is 11.6 Å². The number of halogens is 1. The third kappa shape index (κ3) is 9.08. The van der Waals surface area contributed by atoms with E-state index in [1.807, 2.05) is 0 Å². The molecule has 0 saturated carbocycles. The maximum absolute atomic E-state index is 12.6. The number of hydrogen-bond acceptors (Lipinski definition) is 7. The van der Waals surface area contributed by atoms with Gasteiger partial charge in [0.15, 0.2) is 0 Å². The maximum Gasteiger partial charge on any atom is 0.338 e. The first-order chi connectivity index (χ1) is 15.3. The van der Waals surface area contributed by atoms with E-state index >= 15 is 0 Å². The summed E-state index contributed by atoms with van der Waals surface area (Å²) in [4.78, 5) is 36.9. The molecule has 1 unspecified atom stereocenters. The zero-order chi connectivity index (χ0) is 23.5. The van der Waals surface area contributed by atoms with E-state index < -0.39 is 23.8 Å². The fourth-order valence-electron chi connectivity index (χ4n) is 2.74. The van der Waals surface area contributed by atoms with Gasteiger partial charge in [-0.05, 0) is 43.2 Å². The molecule has 0 fully saturated rings. The number of nitrogens with one attached hydrogen (secondary N) is 4. The highest BCUT2D eigenvalue weighted by Gasteiger charge is 2.28. The first-order valence-corrected chi connectivity index (χ1v) is 10.00. The number of hydrogen-bond donors (Lipinski definition) is 6. The molecule has 10 nitrogen and oxygen atoms in total. The normalized spacial score (nSPS) is 10.8. The van der Waals surface area contributed by atoms with E-state index in [4.69, 9.17) is 15.9 Å². The van der Waals surface area contributed by atoms with Gasteiger partial charge in [0.25, 0.3) is 5.91 Å². The van der Waals surface area contributed by atoms with Gasteiger partial charge in [-0.15, -0.1) is 12.4 Å². The number of ether oxygens (including phenoxy) is 1. The lowest BCUT2D eigenvalue weighted by molar-refractivity contribution is -0.147. The highest BCUT2D eigenvalue weighted by Crippen LogP contribution is 2.12. The minimum Gasteiger partial charge on any atom is -0.508 e. The average Bonchev–Trinajstić information content (AvgIpc) is 2.77. The molecule has 2 aromatic carbocycles. The van der Waals surface area contributed by atoms with Crippen molar-refractivity contribution in [3.05, 3.63) is 59.7 Å². The molecule has 7 N–H and O–H groups in total. The lowest BCUT2D eigenvalue weighted by Gasteiger charge is -2.18. The lowest BCUT2D eigenvalue weighted by atomic mass is 10.1. The number of rotatable bonds is 11. The molecular formula is C22H28ClN5O5. The fraction of sp³-hybridized carbons (Fsp3) is 0.273. The minimum absolute atomic E-state index is 0. The van der Waals surface area contributed by atoms with Crippen LogP contribution in [0.25, 0.3) is 0 Å². The topological polar surface area (TPSA) is 167 Å². The number of nitrogen functional groups attached to an aromatic ring is 1. The van der Waals surface area contributed by atoms with Gasteiger partial charge in [0, 0.05) is 17.8 Å². The van der Waals surface area contributed by atoms with E-state index in [-0.39, 0.29) is 37.1 Å². The van der Waals surface area contributed by atoms with Crippen molar-refractivity contribution in [1.29, 1.82) is 5.41 Å². The van der Waals surface area contributed by atoms with Gasteiger partial charge in [-0.3, -0.25) is 15.0 Å². The largest absolute Gasteiger partial charge is 0.508 e. The number of phenolic OH excluding ortho intramolecular Hbond substituents is 1. The summed E-state index contributed by atoms with van der Waals surface area (Å²) in [7, 11) is 0. The molecule has 178 valence electrons. The van der Waals surface area contributed by atoms with Crippen molar-refractivity contribution < 1.29 is 24.2 Å². The summed E-state index contributed by atoms with van der Waals surface area (Å²) >= 11 is 0. The van der Waals surface area contributed by atoms with Crippen molar-refractivity contribution in [3.8, 4) is 5.75 Å². The smallest absolute Gasteiger partial charge is 0.338 e. The first-order valence-electron chi connectivity index (χ1n) is 10.00. The van der Waals surface area contributed by atoms with Crippen molar-refractivity contribution in [2.75, 3.05) is 25.0 Å². The van der Waals surface area contributed by atoms with Crippen molar-refractivity contribution in [3.63, 3.8) is 0 Å². The van der Waals surface area contributed by atoms with Crippen LogP contribution >= 0.6 is 12.4 Å². The molecule has 0 aliphatic heterocycles. The molecule has 0 aliphatic carbocycles. The van der Waals surface area contributed by atoms with Gasteiger partial charge in [-0.2, -0.15) is 0 Å². The summed E-state index contributed by atoms with van der Waals surface area (Å²) in [6.07, 6.45) is 0.555. The van der Waals surface area contributed by atoms with Crippen LogP contribution < -0.4 is 21.7 Å². The number of carbonyl (C=O) groups is 3. The molecule has 0 spiro atoms. The summed E-state index contributed by atoms with van der Waals surface area (Å²) in [5.41, 5.74) is 7.23. The van der Waals surface area contributed by atoms with E-state index in [1.54, 1.807) is 49.4 Å². The molecule has 0 aliphatic rings. The quantitative estimate of drug-likeness (QED) is 0.121. The molecular weight excluding hydrogens is 450 g/mol. The van der Waals surface area contributed by atoms with Gasteiger partial charge in [0.05, 0.1) is 13.2 Å². The highest BCUT2D eigenvalue weighted by atomic mass is 35.5. The van der Waals surface area contributed by atoms with Crippen LogP contribution in [0.1, 0.15) is 18.1 Å². The van der Waals surface area contributed by atoms with E-state index in [0.717, 1.165) is 5.56 Å². The Morgan fingerprint density at radius 1 is 1.12 bits per heavy atom. The number of esters is 1. The van der Waals surface area contributed by atoms with E-state index in [2.05, 4.69) is 16.0 Å². The summed E-state index contributed by atoms with van der Waals surface area (Å²) in [5.74, 6) is -1.94. The van der Waals surface area contributed by atoms with Crippen LogP contribution in [0.3, 0.4) is 0 Å². The third-order valence-electron chi connectivity index (χ3n) is 4.36. The highest BCUT2D eigenvalue weighted by molar-refractivity contribution is 6.05.